The number of carbonyl (C=O) groups is 2. The number of benzene rings is 3. The van der Waals surface area contributed by atoms with Crippen molar-refractivity contribution in [3.05, 3.63) is 96.1 Å². The Bertz CT molecular complexity index is 1130. The van der Waals surface area contributed by atoms with Crippen molar-refractivity contribution in [1.29, 1.82) is 0 Å². The first kappa shape index (κ1) is 18.6. The standard InChI is InChI=1S/C27H22O3/c28-26-23-11-4-5-12-24(23)30-27(29)25(26)22-10-6-9-21(17-22)20-15-13-19(14-16-20)18-7-2-1-3-8-18/h1-5,7-8,11-17,22,25H,6,9-10H2. The minimum atomic E-state index is -0.751. The minimum Gasteiger partial charge on any atom is -0.425 e. The lowest BCUT2D eigenvalue weighted by Crippen LogP contribution is -2.38. The summed E-state index contributed by atoms with van der Waals surface area (Å²) in [7, 11) is 0. The minimum absolute atomic E-state index is 0.122. The molecule has 0 aromatic heterocycles. The summed E-state index contributed by atoms with van der Waals surface area (Å²) in [6.45, 7) is 0. The number of Topliss-reactive ketones (excluding diaryl/α,β-unsaturated/α-hetero) is 1. The number of hydrogen-bond donors (Lipinski definition) is 0. The average molecular weight is 394 g/mol. The van der Waals surface area contributed by atoms with Crippen molar-refractivity contribution >= 4 is 17.3 Å². The molecule has 0 spiro atoms. The molecule has 2 unspecified atom stereocenters. The fourth-order valence-electron chi connectivity index (χ4n) is 4.54. The van der Waals surface area contributed by atoms with Crippen LogP contribution in [-0.2, 0) is 4.79 Å². The number of ketones is 1. The summed E-state index contributed by atoms with van der Waals surface area (Å²) in [5.74, 6) is -1.06. The molecule has 0 fully saturated rings. The summed E-state index contributed by atoms with van der Waals surface area (Å²) >= 11 is 0. The van der Waals surface area contributed by atoms with Gasteiger partial charge in [-0.3, -0.25) is 9.59 Å². The van der Waals surface area contributed by atoms with Crippen molar-refractivity contribution in [3.8, 4) is 16.9 Å². The highest BCUT2D eigenvalue weighted by molar-refractivity contribution is 6.13. The molecule has 0 saturated heterocycles. The smallest absolute Gasteiger partial charge is 0.322 e. The molecule has 0 bridgehead atoms. The van der Waals surface area contributed by atoms with Crippen molar-refractivity contribution in [3.63, 3.8) is 0 Å². The van der Waals surface area contributed by atoms with Gasteiger partial charge >= 0.3 is 5.97 Å². The number of ether oxygens (including phenoxy) is 1. The largest absolute Gasteiger partial charge is 0.425 e. The zero-order valence-corrected chi connectivity index (χ0v) is 16.6. The third-order valence-corrected chi connectivity index (χ3v) is 6.09. The zero-order valence-electron chi connectivity index (χ0n) is 16.6. The maximum absolute atomic E-state index is 13.0. The number of allylic oxidation sites excluding steroid dienone is 2. The molecule has 3 nitrogen and oxygen atoms in total. The van der Waals surface area contributed by atoms with E-state index in [4.69, 9.17) is 4.74 Å². The van der Waals surface area contributed by atoms with Crippen LogP contribution in [-0.4, -0.2) is 11.8 Å². The molecule has 1 aliphatic heterocycles. The highest BCUT2D eigenvalue weighted by Gasteiger charge is 2.41. The van der Waals surface area contributed by atoms with Gasteiger partial charge < -0.3 is 4.74 Å². The summed E-state index contributed by atoms with van der Waals surface area (Å²) in [6, 6.07) is 25.8. The van der Waals surface area contributed by atoms with E-state index in [-0.39, 0.29) is 11.7 Å². The fraction of sp³-hybridized carbons (Fsp3) is 0.185. The van der Waals surface area contributed by atoms with E-state index in [2.05, 4.69) is 42.5 Å². The highest BCUT2D eigenvalue weighted by Crippen LogP contribution is 2.39. The van der Waals surface area contributed by atoms with E-state index >= 15 is 0 Å². The van der Waals surface area contributed by atoms with Crippen LogP contribution in [0.25, 0.3) is 16.7 Å². The van der Waals surface area contributed by atoms with Crippen LogP contribution >= 0.6 is 0 Å². The third kappa shape index (κ3) is 3.37. The number of carbonyl (C=O) groups excluding carboxylic acids is 2. The Hall–Kier alpha value is -3.46. The van der Waals surface area contributed by atoms with Gasteiger partial charge in [-0.1, -0.05) is 72.8 Å². The van der Waals surface area contributed by atoms with Gasteiger partial charge in [-0.05, 0) is 59.6 Å². The fourth-order valence-corrected chi connectivity index (χ4v) is 4.54. The lowest BCUT2D eigenvalue weighted by molar-refractivity contribution is -0.139. The molecule has 3 aromatic carbocycles. The van der Waals surface area contributed by atoms with Crippen LogP contribution in [0.2, 0.25) is 0 Å². The van der Waals surface area contributed by atoms with Crippen LogP contribution in [0.5, 0.6) is 5.75 Å². The molecule has 30 heavy (non-hydrogen) atoms. The molecule has 3 aromatic rings. The Morgan fingerprint density at radius 3 is 2.20 bits per heavy atom. The third-order valence-electron chi connectivity index (χ3n) is 6.09. The first-order valence-corrected chi connectivity index (χ1v) is 10.4. The second kappa shape index (κ2) is 7.75. The van der Waals surface area contributed by atoms with Gasteiger partial charge in [-0.2, -0.15) is 0 Å². The molecule has 2 aliphatic rings. The Labute approximate surface area is 176 Å². The topological polar surface area (TPSA) is 43.4 Å². The molecule has 5 rings (SSSR count). The average Bonchev–Trinajstić information content (AvgIpc) is 2.80. The molecule has 1 heterocycles. The normalized spacial score (nSPS) is 20.9. The quantitative estimate of drug-likeness (QED) is 0.313. The Kier molecular flexibility index (Phi) is 4.80. The summed E-state index contributed by atoms with van der Waals surface area (Å²) in [6.07, 6.45) is 4.85. The number of para-hydroxylation sites is 1. The summed E-state index contributed by atoms with van der Waals surface area (Å²) in [5.41, 5.74) is 5.22. The molecule has 1 aliphatic carbocycles. The Balaban J connectivity index is 1.42. The van der Waals surface area contributed by atoms with Crippen LogP contribution in [0.15, 0.2) is 84.9 Å². The Morgan fingerprint density at radius 2 is 1.40 bits per heavy atom. The summed E-state index contributed by atoms with van der Waals surface area (Å²) in [4.78, 5) is 25.7. The van der Waals surface area contributed by atoms with Crippen LogP contribution in [0.1, 0.15) is 35.2 Å². The number of rotatable bonds is 3. The van der Waals surface area contributed by atoms with Gasteiger partial charge in [0.05, 0.1) is 5.56 Å². The van der Waals surface area contributed by atoms with Gasteiger partial charge in [-0.15, -0.1) is 0 Å². The van der Waals surface area contributed by atoms with Gasteiger partial charge in [0.1, 0.15) is 11.7 Å². The first-order valence-electron chi connectivity index (χ1n) is 10.4. The van der Waals surface area contributed by atoms with Crippen molar-refractivity contribution in [2.24, 2.45) is 11.8 Å². The maximum atomic E-state index is 13.0. The molecule has 0 radical (unpaired) electrons. The Morgan fingerprint density at radius 1 is 0.733 bits per heavy atom. The SMILES string of the molecule is O=C1Oc2ccccc2C(=O)C1C1C=C(c2ccc(-c3ccccc3)cc2)CCC1. The van der Waals surface area contributed by atoms with Gasteiger partial charge in [0, 0.05) is 0 Å². The highest BCUT2D eigenvalue weighted by atomic mass is 16.5. The molecular weight excluding hydrogens is 372 g/mol. The van der Waals surface area contributed by atoms with Crippen LogP contribution in [0.3, 0.4) is 0 Å². The zero-order chi connectivity index (χ0) is 20.5. The van der Waals surface area contributed by atoms with E-state index in [1.54, 1.807) is 18.2 Å². The number of hydrogen-bond acceptors (Lipinski definition) is 3. The predicted octanol–water partition coefficient (Wildman–Crippen LogP) is 5.96. The van der Waals surface area contributed by atoms with Crippen LogP contribution in [0.4, 0.5) is 0 Å². The van der Waals surface area contributed by atoms with E-state index in [0.717, 1.165) is 24.8 Å². The van der Waals surface area contributed by atoms with E-state index in [0.29, 0.717) is 11.3 Å². The van der Waals surface area contributed by atoms with E-state index in [1.165, 1.54) is 16.7 Å². The summed E-state index contributed by atoms with van der Waals surface area (Å²) in [5, 5.41) is 0. The summed E-state index contributed by atoms with van der Waals surface area (Å²) < 4.78 is 5.48. The van der Waals surface area contributed by atoms with E-state index in [9.17, 15) is 9.59 Å². The van der Waals surface area contributed by atoms with Crippen molar-refractivity contribution in [2.75, 3.05) is 0 Å². The second-order valence-corrected chi connectivity index (χ2v) is 7.95. The van der Waals surface area contributed by atoms with E-state index in [1.807, 2.05) is 24.3 Å². The molecule has 0 N–H and O–H groups in total. The molecule has 0 amide bonds. The van der Waals surface area contributed by atoms with Gasteiger partial charge in [0.15, 0.2) is 5.78 Å². The predicted molar refractivity (Wildman–Crippen MR) is 117 cm³/mol. The van der Waals surface area contributed by atoms with Gasteiger partial charge in [0.25, 0.3) is 0 Å². The number of fused-ring (bicyclic) bond motifs is 1. The first-order chi connectivity index (χ1) is 14.7. The van der Waals surface area contributed by atoms with Crippen molar-refractivity contribution in [1.82, 2.24) is 0 Å². The monoisotopic (exact) mass is 394 g/mol. The van der Waals surface area contributed by atoms with Crippen LogP contribution < -0.4 is 4.74 Å². The molecule has 0 saturated carbocycles. The maximum Gasteiger partial charge on any atom is 0.322 e. The van der Waals surface area contributed by atoms with E-state index < -0.39 is 11.9 Å². The molecular formula is C27H22O3. The number of esters is 1. The lowest BCUT2D eigenvalue weighted by atomic mass is 9.76. The lowest BCUT2D eigenvalue weighted by Gasteiger charge is -2.30. The van der Waals surface area contributed by atoms with Crippen LogP contribution in [0, 0.1) is 11.8 Å². The van der Waals surface area contributed by atoms with Gasteiger partial charge in [-0.25, -0.2) is 0 Å². The van der Waals surface area contributed by atoms with Crippen molar-refractivity contribution < 1.29 is 14.3 Å². The second-order valence-electron chi connectivity index (χ2n) is 7.95. The van der Waals surface area contributed by atoms with Gasteiger partial charge in [0.2, 0.25) is 0 Å². The molecule has 148 valence electrons. The molecule has 3 heteroatoms. The van der Waals surface area contributed by atoms with Crippen molar-refractivity contribution in [2.45, 2.75) is 19.3 Å². The molecule has 2 atom stereocenters.